The van der Waals surface area contributed by atoms with Crippen LogP contribution in [-0.4, -0.2) is 11.4 Å². The van der Waals surface area contributed by atoms with Crippen LogP contribution in [0.25, 0.3) is 0 Å². The zero-order valence-electron chi connectivity index (χ0n) is 7.54. The van der Waals surface area contributed by atoms with Gasteiger partial charge in [0, 0.05) is 18.0 Å². The highest BCUT2D eigenvalue weighted by Crippen LogP contribution is 2.25. The highest BCUT2D eigenvalue weighted by Gasteiger charge is 2.26. The molecule has 0 bridgehead atoms. The van der Waals surface area contributed by atoms with Crippen LogP contribution in [-0.2, 0) is 6.54 Å². The molecule has 0 aliphatic heterocycles. The Hall–Kier alpha value is -0.530. The molecule has 0 amide bonds. The highest BCUT2D eigenvalue weighted by atomic mass is 35.5. The Morgan fingerprint density at radius 2 is 1.92 bits per heavy atom. The Morgan fingerprint density at radius 3 is 2.54 bits per heavy atom. The van der Waals surface area contributed by atoms with Gasteiger partial charge in [-0.15, -0.1) is 11.6 Å². The molecule has 13 heavy (non-hydrogen) atoms. The van der Waals surface area contributed by atoms with Gasteiger partial charge in [-0.05, 0) is 18.4 Å². The quantitative estimate of drug-likeness (QED) is 0.732. The first kappa shape index (κ1) is 9.04. The first-order valence-electron chi connectivity index (χ1n) is 4.76. The summed E-state index contributed by atoms with van der Waals surface area (Å²) < 4.78 is 0. The fourth-order valence-corrected chi connectivity index (χ4v) is 2.00. The lowest BCUT2D eigenvalue weighted by molar-refractivity contribution is 0.345. The molecule has 2 rings (SSSR count). The topological polar surface area (TPSA) is 12.0 Å². The van der Waals surface area contributed by atoms with Crippen molar-refractivity contribution in [3.8, 4) is 0 Å². The van der Waals surface area contributed by atoms with Gasteiger partial charge in [0.25, 0.3) is 0 Å². The van der Waals surface area contributed by atoms with E-state index in [1.165, 1.54) is 5.56 Å². The summed E-state index contributed by atoms with van der Waals surface area (Å²) in [6.45, 7) is 0.967. The lowest BCUT2D eigenvalue weighted by Crippen LogP contribution is -2.41. The minimum atomic E-state index is 0.410. The Morgan fingerprint density at radius 1 is 1.23 bits per heavy atom. The summed E-state index contributed by atoms with van der Waals surface area (Å²) in [6.07, 6.45) is 2.24. The van der Waals surface area contributed by atoms with E-state index in [0.29, 0.717) is 11.4 Å². The van der Waals surface area contributed by atoms with E-state index in [-0.39, 0.29) is 0 Å². The van der Waals surface area contributed by atoms with Crippen LogP contribution in [0, 0.1) is 0 Å². The van der Waals surface area contributed by atoms with Crippen LogP contribution in [0.15, 0.2) is 30.3 Å². The molecule has 1 aliphatic rings. The van der Waals surface area contributed by atoms with Crippen LogP contribution in [0.5, 0.6) is 0 Å². The number of nitrogens with one attached hydrogen (secondary N) is 1. The maximum Gasteiger partial charge on any atom is 0.0365 e. The molecule has 1 saturated carbocycles. The van der Waals surface area contributed by atoms with Gasteiger partial charge < -0.3 is 5.32 Å². The molecule has 1 nitrogen and oxygen atoms in total. The molecule has 1 aromatic carbocycles. The van der Waals surface area contributed by atoms with Gasteiger partial charge in [0.15, 0.2) is 0 Å². The standard InChI is InChI=1S/C11H14ClN/c12-10-6-11(7-10)13-8-9-4-2-1-3-5-9/h1-5,10-11,13H,6-8H2. The van der Waals surface area contributed by atoms with E-state index in [4.69, 9.17) is 11.6 Å². The molecule has 0 saturated heterocycles. The van der Waals surface area contributed by atoms with Crippen molar-refractivity contribution in [3.05, 3.63) is 35.9 Å². The smallest absolute Gasteiger partial charge is 0.0365 e. The summed E-state index contributed by atoms with van der Waals surface area (Å²) in [6, 6.07) is 11.1. The third-order valence-corrected chi connectivity index (χ3v) is 2.87. The molecular formula is C11H14ClN. The zero-order valence-corrected chi connectivity index (χ0v) is 8.30. The molecule has 70 valence electrons. The fraction of sp³-hybridized carbons (Fsp3) is 0.455. The predicted molar refractivity (Wildman–Crippen MR) is 55.9 cm³/mol. The molecule has 1 N–H and O–H groups in total. The van der Waals surface area contributed by atoms with Gasteiger partial charge in [-0.2, -0.15) is 0 Å². The maximum absolute atomic E-state index is 5.89. The van der Waals surface area contributed by atoms with Crippen molar-refractivity contribution in [2.24, 2.45) is 0 Å². The Bertz CT molecular complexity index is 254. The number of halogens is 1. The van der Waals surface area contributed by atoms with Crippen molar-refractivity contribution in [2.45, 2.75) is 30.8 Å². The number of alkyl halides is 1. The molecule has 1 aliphatic carbocycles. The van der Waals surface area contributed by atoms with Gasteiger partial charge in [-0.25, -0.2) is 0 Å². The lowest BCUT2D eigenvalue weighted by atomic mass is 9.92. The van der Waals surface area contributed by atoms with E-state index in [1.54, 1.807) is 0 Å². The summed E-state index contributed by atoms with van der Waals surface area (Å²) in [5, 5.41) is 3.89. The van der Waals surface area contributed by atoms with Crippen molar-refractivity contribution in [2.75, 3.05) is 0 Å². The molecule has 1 fully saturated rings. The summed E-state index contributed by atoms with van der Waals surface area (Å²) >= 11 is 5.89. The molecule has 2 heteroatoms. The number of benzene rings is 1. The average molecular weight is 196 g/mol. The minimum Gasteiger partial charge on any atom is -0.310 e. The van der Waals surface area contributed by atoms with Crippen molar-refractivity contribution < 1.29 is 0 Å². The molecule has 0 unspecified atom stereocenters. The average Bonchev–Trinajstić information content (AvgIpc) is 2.12. The molecule has 0 atom stereocenters. The van der Waals surface area contributed by atoms with Crippen LogP contribution in [0.4, 0.5) is 0 Å². The Balaban J connectivity index is 1.74. The molecule has 0 heterocycles. The lowest BCUT2D eigenvalue weighted by Gasteiger charge is -2.31. The van der Waals surface area contributed by atoms with Gasteiger partial charge in [0.1, 0.15) is 0 Å². The maximum atomic E-state index is 5.89. The first-order chi connectivity index (χ1) is 6.34. The van der Waals surface area contributed by atoms with E-state index >= 15 is 0 Å². The normalized spacial score (nSPS) is 26.8. The third-order valence-electron chi connectivity index (χ3n) is 2.52. The van der Waals surface area contributed by atoms with Crippen molar-refractivity contribution in [1.82, 2.24) is 5.32 Å². The molecule has 0 radical (unpaired) electrons. The van der Waals surface area contributed by atoms with E-state index in [0.717, 1.165) is 19.4 Å². The van der Waals surface area contributed by atoms with Crippen LogP contribution >= 0.6 is 11.6 Å². The molecule has 0 spiro atoms. The largest absolute Gasteiger partial charge is 0.310 e. The fourth-order valence-electron chi connectivity index (χ4n) is 1.57. The third kappa shape index (κ3) is 2.45. The molecular weight excluding hydrogens is 182 g/mol. The van der Waals surface area contributed by atoms with Gasteiger partial charge in [0.05, 0.1) is 0 Å². The van der Waals surface area contributed by atoms with E-state index in [9.17, 15) is 0 Å². The van der Waals surface area contributed by atoms with Gasteiger partial charge in [-0.1, -0.05) is 30.3 Å². The van der Waals surface area contributed by atoms with Crippen LogP contribution in [0.1, 0.15) is 18.4 Å². The van der Waals surface area contributed by atoms with E-state index < -0.39 is 0 Å². The number of hydrogen-bond donors (Lipinski definition) is 1. The summed E-state index contributed by atoms with van der Waals surface area (Å²) in [5.41, 5.74) is 1.35. The van der Waals surface area contributed by atoms with Gasteiger partial charge in [0.2, 0.25) is 0 Å². The monoisotopic (exact) mass is 195 g/mol. The zero-order chi connectivity index (χ0) is 9.10. The second-order valence-corrected chi connectivity index (χ2v) is 4.25. The van der Waals surface area contributed by atoms with Crippen LogP contribution in [0.3, 0.4) is 0 Å². The second-order valence-electron chi connectivity index (χ2n) is 3.63. The summed E-state index contributed by atoms with van der Waals surface area (Å²) in [7, 11) is 0. The van der Waals surface area contributed by atoms with Crippen molar-refractivity contribution in [1.29, 1.82) is 0 Å². The first-order valence-corrected chi connectivity index (χ1v) is 5.19. The minimum absolute atomic E-state index is 0.410. The summed E-state index contributed by atoms with van der Waals surface area (Å²) in [4.78, 5) is 0. The summed E-state index contributed by atoms with van der Waals surface area (Å²) in [5.74, 6) is 0. The van der Waals surface area contributed by atoms with E-state index in [2.05, 4.69) is 29.6 Å². The van der Waals surface area contributed by atoms with Gasteiger partial charge >= 0.3 is 0 Å². The number of rotatable bonds is 3. The highest BCUT2D eigenvalue weighted by molar-refractivity contribution is 6.21. The SMILES string of the molecule is ClC1CC(NCc2ccccc2)C1. The van der Waals surface area contributed by atoms with E-state index in [1.807, 2.05) is 6.07 Å². The Kier molecular flexibility index (Phi) is 2.87. The molecule has 1 aromatic rings. The second kappa shape index (κ2) is 4.12. The number of hydrogen-bond acceptors (Lipinski definition) is 1. The Labute approximate surface area is 84.1 Å². The molecule has 0 aromatic heterocycles. The van der Waals surface area contributed by atoms with Crippen LogP contribution in [0.2, 0.25) is 0 Å². The van der Waals surface area contributed by atoms with Crippen molar-refractivity contribution in [3.63, 3.8) is 0 Å². The van der Waals surface area contributed by atoms with Crippen molar-refractivity contribution >= 4 is 11.6 Å². The van der Waals surface area contributed by atoms with Gasteiger partial charge in [-0.3, -0.25) is 0 Å². The predicted octanol–water partition coefficient (Wildman–Crippen LogP) is 2.55. The van der Waals surface area contributed by atoms with Crippen LogP contribution < -0.4 is 5.32 Å².